The van der Waals surface area contributed by atoms with E-state index in [0.29, 0.717) is 18.5 Å². The van der Waals surface area contributed by atoms with Crippen molar-refractivity contribution in [3.05, 3.63) is 12.2 Å². The van der Waals surface area contributed by atoms with Gasteiger partial charge in [-0.15, -0.1) is 24.0 Å². The number of guanidine groups is 1. The zero-order valence-electron chi connectivity index (χ0n) is 13.1. The first kappa shape index (κ1) is 19.7. The molecule has 1 aliphatic heterocycles. The first-order chi connectivity index (χ1) is 9.02. The third-order valence-corrected chi connectivity index (χ3v) is 3.57. The van der Waals surface area contributed by atoms with Crippen molar-refractivity contribution in [1.29, 1.82) is 0 Å². The van der Waals surface area contributed by atoms with Crippen LogP contribution < -0.4 is 11.1 Å². The standard InChI is InChI=1S/C14H29N5.HI/c1-5-18-6-8-19(9-7-18)13(4)11-17-14(15)16-10-12(2)3;/h13H,2,5-11H2,1,3-4H3,(H3,15,16,17);1H. The average molecular weight is 395 g/mol. The second-order valence-electron chi connectivity index (χ2n) is 5.36. The molecule has 1 unspecified atom stereocenters. The molecule has 0 aromatic carbocycles. The van der Waals surface area contributed by atoms with Gasteiger partial charge < -0.3 is 16.0 Å². The number of likely N-dealkylation sites (N-methyl/N-ethyl adjacent to an activating group) is 1. The van der Waals surface area contributed by atoms with Crippen molar-refractivity contribution in [2.24, 2.45) is 10.7 Å². The van der Waals surface area contributed by atoms with E-state index in [1.165, 1.54) is 0 Å². The molecule has 0 amide bonds. The summed E-state index contributed by atoms with van der Waals surface area (Å²) in [6.07, 6.45) is 0. The Hall–Kier alpha value is -0.340. The van der Waals surface area contributed by atoms with E-state index in [9.17, 15) is 0 Å². The molecule has 1 rings (SSSR count). The van der Waals surface area contributed by atoms with Gasteiger partial charge in [-0.3, -0.25) is 9.89 Å². The van der Waals surface area contributed by atoms with Crippen LogP contribution in [-0.4, -0.2) is 67.6 Å². The van der Waals surface area contributed by atoms with E-state index in [2.05, 4.69) is 40.5 Å². The lowest BCUT2D eigenvalue weighted by molar-refractivity contribution is 0.109. The number of hydrogen-bond donors (Lipinski definition) is 2. The van der Waals surface area contributed by atoms with Gasteiger partial charge in [0.2, 0.25) is 0 Å². The Morgan fingerprint density at radius 2 is 1.95 bits per heavy atom. The molecule has 1 aliphatic rings. The first-order valence-electron chi connectivity index (χ1n) is 7.17. The van der Waals surface area contributed by atoms with E-state index in [4.69, 9.17) is 5.73 Å². The molecule has 1 atom stereocenters. The molecule has 5 nitrogen and oxygen atoms in total. The fourth-order valence-electron chi connectivity index (χ4n) is 2.16. The minimum atomic E-state index is 0. The van der Waals surface area contributed by atoms with E-state index >= 15 is 0 Å². The highest BCUT2D eigenvalue weighted by atomic mass is 127. The van der Waals surface area contributed by atoms with Crippen molar-refractivity contribution >= 4 is 29.9 Å². The molecular weight excluding hydrogens is 365 g/mol. The SMILES string of the molecule is C=C(C)CNC(N)=NCC(C)N1CCN(CC)CC1.I. The molecule has 1 heterocycles. The molecule has 3 N–H and O–H groups in total. The van der Waals surface area contributed by atoms with Gasteiger partial charge in [-0.25, -0.2) is 0 Å². The maximum atomic E-state index is 5.81. The van der Waals surface area contributed by atoms with Gasteiger partial charge in [0.15, 0.2) is 5.96 Å². The van der Waals surface area contributed by atoms with Crippen LogP contribution >= 0.6 is 24.0 Å². The molecule has 0 aromatic rings. The Morgan fingerprint density at radius 3 is 2.45 bits per heavy atom. The minimum Gasteiger partial charge on any atom is -0.370 e. The molecule has 0 aromatic heterocycles. The molecule has 6 heteroatoms. The molecule has 0 radical (unpaired) electrons. The van der Waals surface area contributed by atoms with Crippen molar-refractivity contribution in [2.75, 3.05) is 45.8 Å². The Bertz CT molecular complexity index is 311. The summed E-state index contributed by atoms with van der Waals surface area (Å²) in [5.41, 5.74) is 6.87. The normalized spacial score (nSPS) is 19.2. The van der Waals surface area contributed by atoms with Gasteiger partial charge >= 0.3 is 0 Å². The predicted molar refractivity (Wildman–Crippen MR) is 97.9 cm³/mol. The quantitative estimate of drug-likeness (QED) is 0.306. The van der Waals surface area contributed by atoms with Crippen LogP contribution in [0.3, 0.4) is 0 Å². The van der Waals surface area contributed by atoms with Crippen LogP contribution in [-0.2, 0) is 0 Å². The summed E-state index contributed by atoms with van der Waals surface area (Å²) < 4.78 is 0. The third kappa shape index (κ3) is 7.44. The topological polar surface area (TPSA) is 56.9 Å². The summed E-state index contributed by atoms with van der Waals surface area (Å²) >= 11 is 0. The number of nitrogens with two attached hydrogens (primary N) is 1. The van der Waals surface area contributed by atoms with Gasteiger partial charge in [0.05, 0.1) is 6.54 Å². The first-order valence-corrected chi connectivity index (χ1v) is 7.17. The van der Waals surface area contributed by atoms with Crippen LogP contribution in [0.15, 0.2) is 17.1 Å². The fraction of sp³-hybridized carbons (Fsp3) is 0.786. The molecule has 1 fully saturated rings. The number of piperazine rings is 1. The van der Waals surface area contributed by atoms with E-state index in [1.54, 1.807) is 0 Å². The highest BCUT2D eigenvalue weighted by Gasteiger charge is 2.19. The van der Waals surface area contributed by atoms with Crippen LogP contribution in [0.2, 0.25) is 0 Å². The number of halogens is 1. The molecule has 0 spiro atoms. The highest BCUT2D eigenvalue weighted by Crippen LogP contribution is 2.06. The molecular formula is C14H30IN5. The summed E-state index contributed by atoms with van der Waals surface area (Å²) in [6, 6.07) is 0.448. The smallest absolute Gasteiger partial charge is 0.188 e. The summed E-state index contributed by atoms with van der Waals surface area (Å²) in [5, 5.41) is 3.06. The fourth-order valence-corrected chi connectivity index (χ4v) is 2.16. The average Bonchev–Trinajstić information content (AvgIpc) is 2.42. The number of nitrogens with one attached hydrogen (secondary N) is 1. The molecule has 1 saturated heterocycles. The van der Waals surface area contributed by atoms with Crippen molar-refractivity contribution in [1.82, 2.24) is 15.1 Å². The zero-order chi connectivity index (χ0) is 14.3. The Morgan fingerprint density at radius 1 is 1.35 bits per heavy atom. The summed E-state index contributed by atoms with van der Waals surface area (Å²) in [5.74, 6) is 0.516. The maximum Gasteiger partial charge on any atom is 0.188 e. The molecule has 118 valence electrons. The molecule has 0 aliphatic carbocycles. The van der Waals surface area contributed by atoms with Crippen molar-refractivity contribution < 1.29 is 0 Å². The molecule has 0 saturated carbocycles. The van der Waals surface area contributed by atoms with Crippen LogP contribution in [0.1, 0.15) is 20.8 Å². The summed E-state index contributed by atoms with van der Waals surface area (Å²) in [6.45, 7) is 17.4. The number of rotatable bonds is 6. The van der Waals surface area contributed by atoms with Crippen LogP contribution in [0.25, 0.3) is 0 Å². The number of nitrogens with zero attached hydrogens (tertiary/aromatic N) is 3. The maximum absolute atomic E-state index is 5.81. The Kier molecular flexibility index (Phi) is 10.2. The van der Waals surface area contributed by atoms with Crippen molar-refractivity contribution in [3.8, 4) is 0 Å². The van der Waals surface area contributed by atoms with Crippen molar-refractivity contribution in [3.63, 3.8) is 0 Å². The lowest BCUT2D eigenvalue weighted by Crippen LogP contribution is -2.50. The monoisotopic (exact) mass is 395 g/mol. The van der Waals surface area contributed by atoms with Gasteiger partial charge in [-0.1, -0.05) is 19.1 Å². The molecule has 20 heavy (non-hydrogen) atoms. The Balaban J connectivity index is 0.00000361. The minimum absolute atomic E-state index is 0. The largest absolute Gasteiger partial charge is 0.370 e. The second kappa shape index (κ2) is 10.4. The van der Waals surface area contributed by atoms with E-state index in [1.807, 2.05) is 6.92 Å². The number of hydrogen-bond acceptors (Lipinski definition) is 3. The van der Waals surface area contributed by atoms with Gasteiger partial charge in [-0.05, 0) is 20.4 Å². The molecule has 0 bridgehead atoms. The number of aliphatic imine (C=N–C) groups is 1. The van der Waals surface area contributed by atoms with Crippen LogP contribution in [0.5, 0.6) is 0 Å². The van der Waals surface area contributed by atoms with Crippen molar-refractivity contribution in [2.45, 2.75) is 26.8 Å². The van der Waals surface area contributed by atoms with E-state index in [0.717, 1.165) is 44.8 Å². The van der Waals surface area contributed by atoms with E-state index < -0.39 is 0 Å². The Labute approximate surface area is 140 Å². The zero-order valence-corrected chi connectivity index (χ0v) is 15.4. The van der Waals surface area contributed by atoms with Gasteiger partial charge in [0.1, 0.15) is 0 Å². The van der Waals surface area contributed by atoms with E-state index in [-0.39, 0.29) is 24.0 Å². The lowest BCUT2D eigenvalue weighted by Gasteiger charge is -2.37. The van der Waals surface area contributed by atoms with Gasteiger partial charge in [0, 0.05) is 38.8 Å². The van der Waals surface area contributed by atoms with Crippen LogP contribution in [0.4, 0.5) is 0 Å². The van der Waals surface area contributed by atoms with Gasteiger partial charge in [-0.2, -0.15) is 0 Å². The van der Waals surface area contributed by atoms with Crippen LogP contribution in [0, 0.1) is 0 Å². The lowest BCUT2D eigenvalue weighted by atomic mass is 10.2. The summed E-state index contributed by atoms with van der Waals surface area (Å²) in [7, 11) is 0. The second-order valence-corrected chi connectivity index (χ2v) is 5.36. The highest BCUT2D eigenvalue weighted by molar-refractivity contribution is 14.0. The third-order valence-electron chi connectivity index (χ3n) is 3.57. The summed E-state index contributed by atoms with van der Waals surface area (Å²) in [4.78, 5) is 9.37. The predicted octanol–water partition coefficient (Wildman–Crippen LogP) is 1.11. The van der Waals surface area contributed by atoms with Gasteiger partial charge in [0.25, 0.3) is 0 Å².